The van der Waals surface area contributed by atoms with Crippen LogP contribution in [0.3, 0.4) is 0 Å². The van der Waals surface area contributed by atoms with Crippen molar-refractivity contribution in [2.24, 2.45) is 5.92 Å². The first-order valence-corrected chi connectivity index (χ1v) is 8.55. The number of ether oxygens (including phenoxy) is 1. The molecule has 0 aromatic heterocycles. The Balaban J connectivity index is 2.03. The minimum Gasteiger partial charge on any atom is -0.496 e. The number of halogens is 1. The maximum absolute atomic E-state index is 12.7. The van der Waals surface area contributed by atoms with Gasteiger partial charge in [0.05, 0.1) is 23.4 Å². The van der Waals surface area contributed by atoms with Gasteiger partial charge >= 0.3 is 0 Å². The summed E-state index contributed by atoms with van der Waals surface area (Å²) < 4.78 is 5.25. The van der Waals surface area contributed by atoms with Crippen LogP contribution in [-0.4, -0.2) is 43.5 Å². The Morgan fingerprint density at radius 2 is 2.04 bits per heavy atom. The minimum atomic E-state index is -0.152. The fourth-order valence-electron chi connectivity index (χ4n) is 2.81. The summed E-state index contributed by atoms with van der Waals surface area (Å²) in [6.07, 6.45) is 2.24. The third kappa shape index (κ3) is 4.12. The number of carbonyl (C=O) groups is 2. The number of nitrogen functional groups attached to an aromatic ring is 1. The highest BCUT2D eigenvalue weighted by molar-refractivity contribution is 6.33. The lowest BCUT2D eigenvalue weighted by molar-refractivity contribution is -0.126. The van der Waals surface area contributed by atoms with Gasteiger partial charge in [-0.25, -0.2) is 0 Å². The molecule has 0 bridgehead atoms. The number of methoxy groups -OCH3 is 1. The summed E-state index contributed by atoms with van der Waals surface area (Å²) in [7, 11) is 1.49. The fraction of sp³-hybridized carbons (Fsp3) is 0.529. The molecule has 1 aromatic carbocycles. The second kappa shape index (κ2) is 8.24. The highest BCUT2D eigenvalue weighted by atomic mass is 35.5. The Hall–Kier alpha value is -1.95. The molecule has 1 aliphatic rings. The molecule has 6 nitrogen and oxygen atoms in total. The molecule has 132 valence electrons. The first kappa shape index (κ1) is 18.4. The molecule has 3 N–H and O–H groups in total. The van der Waals surface area contributed by atoms with E-state index in [2.05, 4.69) is 5.32 Å². The van der Waals surface area contributed by atoms with Crippen LogP contribution >= 0.6 is 11.6 Å². The smallest absolute Gasteiger partial charge is 0.257 e. The summed E-state index contributed by atoms with van der Waals surface area (Å²) in [4.78, 5) is 26.5. The van der Waals surface area contributed by atoms with E-state index in [1.54, 1.807) is 11.0 Å². The lowest BCUT2D eigenvalue weighted by Crippen LogP contribution is -2.43. The van der Waals surface area contributed by atoms with E-state index >= 15 is 0 Å². The van der Waals surface area contributed by atoms with Crippen LogP contribution in [0.5, 0.6) is 5.75 Å². The third-order valence-electron chi connectivity index (χ3n) is 4.25. The molecule has 1 saturated heterocycles. The number of likely N-dealkylation sites (tertiary alicyclic amines) is 1. The molecule has 2 rings (SSSR count). The summed E-state index contributed by atoms with van der Waals surface area (Å²) in [6.45, 7) is 3.79. The summed E-state index contributed by atoms with van der Waals surface area (Å²) in [6, 6.07) is 3.10. The van der Waals surface area contributed by atoms with E-state index in [4.69, 9.17) is 22.1 Å². The summed E-state index contributed by atoms with van der Waals surface area (Å²) in [5, 5.41) is 3.24. The van der Waals surface area contributed by atoms with Gasteiger partial charge in [-0.2, -0.15) is 0 Å². The Kier molecular flexibility index (Phi) is 6.31. The van der Waals surface area contributed by atoms with Crippen LogP contribution in [0, 0.1) is 5.92 Å². The quantitative estimate of drug-likeness (QED) is 0.795. The van der Waals surface area contributed by atoms with Gasteiger partial charge in [0.1, 0.15) is 5.75 Å². The number of nitrogens with two attached hydrogens (primary N) is 1. The third-order valence-corrected chi connectivity index (χ3v) is 4.58. The Morgan fingerprint density at radius 1 is 1.38 bits per heavy atom. The van der Waals surface area contributed by atoms with E-state index < -0.39 is 0 Å². The normalized spacial score (nSPS) is 15.2. The number of anilines is 1. The zero-order chi connectivity index (χ0) is 17.7. The summed E-state index contributed by atoms with van der Waals surface area (Å²) in [5.74, 6) is 0.306. The van der Waals surface area contributed by atoms with Crippen LogP contribution < -0.4 is 15.8 Å². The monoisotopic (exact) mass is 353 g/mol. The second-order valence-corrected chi connectivity index (χ2v) is 6.34. The van der Waals surface area contributed by atoms with E-state index in [1.165, 1.54) is 13.2 Å². The molecule has 24 heavy (non-hydrogen) atoms. The lowest BCUT2D eigenvalue weighted by atomic mass is 9.95. The van der Waals surface area contributed by atoms with Crippen LogP contribution in [0.1, 0.15) is 36.5 Å². The van der Waals surface area contributed by atoms with Gasteiger partial charge < -0.3 is 20.7 Å². The zero-order valence-corrected chi connectivity index (χ0v) is 14.9. The fourth-order valence-corrected chi connectivity index (χ4v) is 2.98. The number of rotatable bonds is 5. The number of carbonyl (C=O) groups excluding carboxylic acids is 2. The highest BCUT2D eigenvalue weighted by Crippen LogP contribution is 2.30. The number of benzene rings is 1. The molecule has 0 atom stereocenters. The number of hydrogen-bond donors (Lipinski definition) is 2. The van der Waals surface area contributed by atoms with E-state index in [-0.39, 0.29) is 17.7 Å². The van der Waals surface area contributed by atoms with Gasteiger partial charge in [-0.3, -0.25) is 9.59 Å². The van der Waals surface area contributed by atoms with Gasteiger partial charge in [0, 0.05) is 31.6 Å². The molecular weight excluding hydrogens is 330 g/mol. The van der Waals surface area contributed by atoms with Gasteiger partial charge in [-0.15, -0.1) is 0 Å². The van der Waals surface area contributed by atoms with Gasteiger partial charge in [0.15, 0.2) is 0 Å². The first-order valence-electron chi connectivity index (χ1n) is 8.17. The van der Waals surface area contributed by atoms with Crippen molar-refractivity contribution in [2.45, 2.75) is 26.2 Å². The van der Waals surface area contributed by atoms with Gasteiger partial charge in [0.25, 0.3) is 5.91 Å². The average Bonchev–Trinajstić information content (AvgIpc) is 2.61. The average molecular weight is 354 g/mol. The Labute approximate surface area is 147 Å². The Morgan fingerprint density at radius 3 is 2.62 bits per heavy atom. The van der Waals surface area contributed by atoms with Gasteiger partial charge in [-0.05, 0) is 25.3 Å². The molecule has 0 saturated carbocycles. The van der Waals surface area contributed by atoms with Crippen molar-refractivity contribution in [2.75, 3.05) is 32.5 Å². The topological polar surface area (TPSA) is 84.7 Å². The molecule has 7 heteroatoms. The van der Waals surface area contributed by atoms with Crippen molar-refractivity contribution < 1.29 is 14.3 Å². The molecule has 1 fully saturated rings. The van der Waals surface area contributed by atoms with Crippen LogP contribution in [0.2, 0.25) is 5.02 Å². The van der Waals surface area contributed by atoms with E-state index in [0.717, 1.165) is 6.42 Å². The number of amides is 2. The second-order valence-electron chi connectivity index (χ2n) is 5.93. The number of piperidine rings is 1. The van der Waals surface area contributed by atoms with Crippen LogP contribution in [0.15, 0.2) is 12.1 Å². The molecule has 1 aromatic rings. The van der Waals surface area contributed by atoms with E-state index in [0.29, 0.717) is 54.5 Å². The summed E-state index contributed by atoms with van der Waals surface area (Å²) in [5.41, 5.74) is 6.52. The SMILES string of the molecule is CCCNC(=O)C1CCN(C(=O)c2cc(Cl)c(N)cc2OC)CC1. The molecule has 1 aliphatic heterocycles. The van der Waals surface area contributed by atoms with Crippen molar-refractivity contribution in [1.82, 2.24) is 10.2 Å². The molecule has 0 aliphatic carbocycles. The van der Waals surface area contributed by atoms with Crippen LogP contribution in [0.4, 0.5) is 5.69 Å². The van der Waals surface area contributed by atoms with Crippen molar-refractivity contribution >= 4 is 29.1 Å². The molecule has 2 amide bonds. The molecule has 0 unspecified atom stereocenters. The number of nitrogens with zero attached hydrogens (tertiary/aromatic N) is 1. The Bertz CT molecular complexity index is 613. The van der Waals surface area contributed by atoms with Crippen molar-refractivity contribution in [1.29, 1.82) is 0 Å². The van der Waals surface area contributed by atoms with Gasteiger partial charge in [-0.1, -0.05) is 18.5 Å². The maximum atomic E-state index is 12.7. The molecule has 1 heterocycles. The highest BCUT2D eigenvalue weighted by Gasteiger charge is 2.29. The number of nitrogens with one attached hydrogen (secondary N) is 1. The van der Waals surface area contributed by atoms with Crippen molar-refractivity contribution in [3.8, 4) is 5.75 Å². The van der Waals surface area contributed by atoms with Gasteiger partial charge in [0.2, 0.25) is 5.91 Å². The zero-order valence-electron chi connectivity index (χ0n) is 14.1. The van der Waals surface area contributed by atoms with Crippen LogP contribution in [0.25, 0.3) is 0 Å². The van der Waals surface area contributed by atoms with E-state index in [9.17, 15) is 9.59 Å². The maximum Gasteiger partial charge on any atom is 0.257 e. The molecule has 0 radical (unpaired) electrons. The predicted molar refractivity (Wildman–Crippen MR) is 94.3 cm³/mol. The summed E-state index contributed by atoms with van der Waals surface area (Å²) >= 11 is 6.03. The standard InChI is InChI=1S/C17H24ClN3O3/c1-3-6-20-16(22)11-4-7-21(8-5-11)17(23)12-9-13(18)14(19)10-15(12)24-2/h9-11H,3-8,19H2,1-2H3,(H,20,22). The van der Waals surface area contributed by atoms with Crippen molar-refractivity contribution in [3.05, 3.63) is 22.7 Å². The van der Waals surface area contributed by atoms with E-state index in [1.807, 2.05) is 6.92 Å². The lowest BCUT2D eigenvalue weighted by Gasteiger charge is -2.31. The van der Waals surface area contributed by atoms with Crippen molar-refractivity contribution in [3.63, 3.8) is 0 Å². The molecular formula is C17H24ClN3O3. The first-order chi connectivity index (χ1) is 11.5. The predicted octanol–water partition coefficient (Wildman–Crippen LogP) is 2.31. The number of hydrogen-bond acceptors (Lipinski definition) is 4. The minimum absolute atomic E-state index is 0.0301. The molecule has 0 spiro atoms. The largest absolute Gasteiger partial charge is 0.496 e. The van der Waals surface area contributed by atoms with Crippen LogP contribution in [-0.2, 0) is 4.79 Å².